The predicted molar refractivity (Wildman–Crippen MR) is 104 cm³/mol. The summed E-state index contributed by atoms with van der Waals surface area (Å²) in [6.07, 6.45) is -4.83. The molecule has 0 atom stereocenters. The van der Waals surface area contributed by atoms with Crippen molar-refractivity contribution in [3.05, 3.63) is 78.4 Å². The minimum atomic E-state index is -4.83. The van der Waals surface area contributed by atoms with E-state index in [-0.39, 0.29) is 30.2 Å². The van der Waals surface area contributed by atoms with Gasteiger partial charge in [0.05, 0.1) is 0 Å². The van der Waals surface area contributed by atoms with Crippen molar-refractivity contribution in [3.63, 3.8) is 0 Å². The topological polar surface area (TPSA) is 53.7 Å². The highest BCUT2D eigenvalue weighted by Crippen LogP contribution is 2.37. The summed E-state index contributed by atoms with van der Waals surface area (Å²) in [6.45, 7) is 0.785. The van der Waals surface area contributed by atoms with Crippen LogP contribution in [0.15, 0.2) is 72.8 Å². The SMILES string of the molecule is NCCOc1ccc(-c2cccc(OCc3ccccc3)c2)c(OC(F)(F)F)c1. The molecular weight excluding hydrogens is 383 g/mol. The molecule has 0 fully saturated rings. The van der Waals surface area contributed by atoms with Crippen LogP contribution in [0.4, 0.5) is 13.2 Å². The first-order valence-electron chi connectivity index (χ1n) is 8.94. The standard InChI is InChI=1S/C22H20F3NO3/c23-22(24,25)29-21-14-19(27-12-11-26)9-10-20(21)17-7-4-8-18(13-17)28-15-16-5-2-1-3-6-16/h1-10,13-14H,11-12,15,26H2. The van der Waals surface area contributed by atoms with Gasteiger partial charge in [-0.1, -0.05) is 42.5 Å². The van der Waals surface area contributed by atoms with Crippen LogP contribution in [-0.4, -0.2) is 19.5 Å². The van der Waals surface area contributed by atoms with Gasteiger partial charge in [-0.05, 0) is 35.4 Å². The number of hydrogen-bond donors (Lipinski definition) is 1. The highest BCUT2D eigenvalue weighted by molar-refractivity contribution is 5.72. The van der Waals surface area contributed by atoms with Crippen molar-refractivity contribution < 1.29 is 27.4 Å². The Balaban J connectivity index is 1.86. The molecule has 0 unspecified atom stereocenters. The first-order valence-corrected chi connectivity index (χ1v) is 8.94. The minimum Gasteiger partial charge on any atom is -0.492 e. The van der Waals surface area contributed by atoms with E-state index >= 15 is 0 Å². The Morgan fingerprint density at radius 2 is 1.55 bits per heavy atom. The van der Waals surface area contributed by atoms with E-state index in [1.54, 1.807) is 30.3 Å². The average Bonchev–Trinajstić information content (AvgIpc) is 2.71. The number of rotatable bonds is 8. The van der Waals surface area contributed by atoms with E-state index in [1.807, 2.05) is 30.3 Å². The smallest absolute Gasteiger partial charge is 0.492 e. The molecule has 7 heteroatoms. The molecule has 0 spiro atoms. The zero-order valence-corrected chi connectivity index (χ0v) is 15.5. The van der Waals surface area contributed by atoms with E-state index in [0.29, 0.717) is 17.9 Å². The third-order valence-corrected chi connectivity index (χ3v) is 3.96. The average molecular weight is 403 g/mol. The molecule has 0 radical (unpaired) electrons. The van der Waals surface area contributed by atoms with Crippen molar-refractivity contribution in [1.29, 1.82) is 0 Å². The lowest BCUT2D eigenvalue weighted by Crippen LogP contribution is -2.18. The van der Waals surface area contributed by atoms with Crippen molar-refractivity contribution >= 4 is 0 Å². The van der Waals surface area contributed by atoms with Crippen molar-refractivity contribution in [1.82, 2.24) is 0 Å². The fourth-order valence-corrected chi connectivity index (χ4v) is 2.71. The molecule has 0 saturated carbocycles. The van der Waals surface area contributed by atoms with Crippen molar-refractivity contribution in [2.24, 2.45) is 5.73 Å². The van der Waals surface area contributed by atoms with Gasteiger partial charge in [-0.25, -0.2) is 0 Å². The van der Waals surface area contributed by atoms with E-state index in [9.17, 15) is 13.2 Å². The third-order valence-electron chi connectivity index (χ3n) is 3.96. The lowest BCUT2D eigenvalue weighted by atomic mass is 10.0. The third kappa shape index (κ3) is 6.15. The monoisotopic (exact) mass is 403 g/mol. The van der Waals surface area contributed by atoms with Gasteiger partial charge >= 0.3 is 6.36 Å². The Bertz CT molecular complexity index is 930. The summed E-state index contributed by atoms with van der Waals surface area (Å²) < 4.78 is 54.0. The molecule has 0 heterocycles. The maximum absolute atomic E-state index is 12.9. The summed E-state index contributed by atoms with van der Waals surface area (Å²) in [7, 11) is 0. The van der Waals surface area contributed by atoms with E-state index in [0.717, 1.165) is 5.56 Å². The highest BCUT2D eigenvalue weighted by Gasteiger charge is 2.32. The number of nitrogens with two attached hydrogens (primary N) is 1. The Labute approximate surface area is 166 Å². The molecule has 2 N–H and O–H groups in total. The molecule has 3 aromatic rings. The Kier molecular flexibility index (Phi) is 6.61. The number of ether oxygens (including phenoxy) is 3. The second-order valence-electron chi connectivity index (χ2n) is 6.15. The molecular formula is C22H20F3NO3. The number of hydrogen-bond acceptors (Lipinski definition) is 4. The molecule has 4 nitrogen and oxygen atoms in total. The van der Waals surface area contributed by atoms with Crippen LogP contribution in [0.2, 0.25) is 0 Å². The zero-order chi connectivity index (χ0) is 20.7. The molecule has 0 bridgehead atoms. The first-order chi connectivity index (χ1) is 13.9. The Morgan fingerprint density at radius 3 is 2.28 bits per heavy atom. The molecule has 0 amide bonds. The summed E-state index contributed by atoms with van der Waals surface area (Å²) in [4.78, 5) is 0. The molecule has 0 aliphatic heterocycles. The van der Waals surface area contributed by atoms with Crippen molar-refractivity contribution in [2.45, 2.75) is 13.0 Å². The van der Waals surface area contributed by atoms with Crippen LogP contribution in [-0.2, 0) is 6.61 Å². The summed E-state index contributed by atoms with van der Waals surface area (Å²) in [5, 5.41) is 0. The quantitative estimate of drug-likeness (QED) is 0.564. The fourth-order valence-electron chi connectivity index (χ4n) is 2.71. The normalized spacial score (nSPS) is 11.2. The maximum atomic E-state index is 12.9. The van der Waals surface area contributed by atoms with Gasteiger partial charge in [-0.3, -0.25) is 0 Å². The van der Waals surface area contributed by atoms with Crippen LogP contribution in [0.5, 0.6) is 17.2 Å². The van der Waals surface area contributed by atoms with Gasteiger partial charge in [-0.2, -0.15) is 0 Å². The molecule has 0 aliphatic rings. The largest absolute Gasteiger partial charge is 0.573 e. The fraction of sp³-hybridized carbons (Fsp3) is 0.182. The molecule has 152 valence electrons. The second-order valence-corrected chi connectivity index (χ2v) is 6.15. The van der Waals surface area contributed by atoms with Gasteiger partial charge in [0.1, 0.15) is 30.5 Å². The van der Waals surface area contributed by atoms with Gasteiger partial charge in [0.2, 0.25) is 0 Å². The van der Waals surface area contributed by atoms with Gasteiger partial charge < -0.3 is 19.9 Å². The molecule has 0 aromatic heterocycles. The van der Waals surface area contributed by atoms with Crippen molar-refractivity contribution in [2.75, 3.05) is 13.2 Å². The van der Waals surface area contributed by atoms with Crippen LogP contribution in [0.25, 0.3) is 11.1 Å². The number of alkyl halides is 3. The van der Waals surface area contributed by atoms with Crippen LogP contribution >= 0.6 is 0 Å². The molecule has 0 saturated heterocycles. The second kappa shape index (κ2) is 9.34. The van der Waals surface area contributed by atoms with Crippen LogP contribution < -0.4 is 19.9 Å². The summed E-state index contributed by atoms with van der Waals surface area (Å²) in [5.41, 5.74) is 7.16. The van der Waals surface area contributed by atoms with Crippen molar-refractivity contribution in [3.8, 4) is 28.4 Å². The van der Waals surface area contributed by atoms with Crippen LogP contribution in [0.1, 0.15) is 5.56 Å². The summed E-state index contributed by atoms with van der Waals surface area (Å²) in [6, 6.07) is 20.7. The summed E-state index contributed by atoms with van der Waals surface area (Å²) >= 11 is 0. The molecule has 29 heavy (non-hydrogen) atoms. The first kappa shape index (κ1) is 20.5. The van der Waals surface area contributed by atoms with Crippen LogP contribution in [0.3, 0.4) is 0 Å². The maximum Gasteiger partial charge on any atom is 0.573 e. The zero-order valence-electron chi connectivity index (χ0n) is 15.5. The van der Waals surface area contributed by atoms with Crippen LogP contribution in [0, 0.1) is 0 Å². The van der Waals surface area contributed by atoms with E-state index in [4.69, 9.17) is 15.2 Å². The Hall–Kier alpha value is -3.19. The number of benzene rings is 3. The molecule has 3 aromatic carbocycles. The molecule has 0 aliphatic carbocycles. The predicted octanol–water partition coefficient (Wildman–Crippen LogP) is 5.17. The lowest BCUT2D eigenvalue weighted by molar-refractivity contribution is -0.274. The Morgan fingerprint density at radius 1 is 0.793 bits per heavy atom. The highest BCUT2D eigenvalue weighted by atomic mass is 19.4. The van der Waals surface area contributed by atoms with Gasteiger partial charge in [0, 0.05) is 18.2 Å². The van der Waals surface area contributed by atoms with E-state index < -0.39 is 6.36 Å². The van der Waals surface area contributed by atoms with Gasteiger partial charge in [0.25, 0.3) is 0 Å². The lowest BCUT2D eigenvalue weighted by Gasteiger charge is -2.16. The van der Waals surface area contributed by atoms with Gasteiger partial charge in [-0.15, -0.1) is 13.2 Å². The molecule has 3 rings (SSSR count). The minimum absolute atomic E-state index is 0.188. The van der Waals surface area contributed by atoms with Gasteiger partial charge in [0.15, 0.2) is 0 Å². The number of halogens is 3. The summed E-state index contributed by atoms with van der Waals surface area (Å²) in [5.74, 6) is 0.426. The van der Waals surface area contributed by atoms with E-state index in [2.05, 4.69) is 4.74 Å². The van der Waals surface area contributed by atoms with E-state index in [1.165, 1.54) is 12.1 Å².